The van der Waals surface area contributed by atoms with Gasteiger partial charge in [-0.15, -0.1) is 0 Å². The summed E-state index contributed by atoms with van der Waals surface area (Å²) in [6.07, 6.45) is -1.15. The molecule has 1 fully saturated rings. The first-order valence-corrected chi connectivity index (χ1v) is 8.29. The van der Waals surface area contributed by atoms with E-state index >= 15 is 0 Å². The molecule has 0 bridgehead atoms. The van der Waals surface area contributed by atoms with Crippen LogP contribution < -0.4 is 4.74 Å². The second kappa shape index (κ2) is 7.53. The van der Waals surface area contributed by atoms with E-state index in [9.17, 15) is 31.5 Å². The van der Waals surface area contributed by atoms with Crippen molar-refractivity contribution in [1.29, 1.82) is 0 Å². The minimum Gasteiger partial charge on any atom is -0.420 e. The number of rotatable bonds is 5. The average molecular weight is 394 g/mol. The highest BCUT2D eigenvalue weighted by atomic mass is 19.2. The van der Waals surface area contributed by atoms with Gasteiger partial charge in [-0.3, -0.25) is 9.59 Å². The van der Waals surface area contributed by atoms with Gasteiger partial charge in [0.25, 0.3) is 0 Å². The van der Waals surface area contributed by atoms with Crippen LogP contribution in [0.15, 0.2) is 0 Å². The zero-order valence-electron chi connectivity index (χ0n) is 15.2. The molecule has 0 N–H and O–H groups in total. The lowest BCUT2D eigenvalue weighted by Gasteiger charge is -2.25. The van der Waals surface area contributed by atoms with Gasteiger partial charge >= 0.3 is 5.97 Å². The molecule has 150 valence electrons. The molecule has 0 spiro atoms. The van der Waals surface area contributed by atoms with Crippen LogP contribution in [0, 0.1) is 40.9 Å². The van der Waals surface area contributed by atoms with Crippen molar-refractivity contribution in [3.05, 3.63) is 29.1 Å². The van der Waals surface area contributed by atoms with Gasteiger partial charge < -0.3 is 9.47 Å². The lowest BCUT2D eigenvalue weighted by molar-refractivity contribution is -0.151. The van der Waals surface area contributed by atoms with E-state index in [-0.39, 0.29) is 18.8 Å². The van der Waals surface area contributed by atoms with Crippen LogP contribution in [0.2, 0.25) is 0 Å². The van der Waals surface area contributed by atoms with Crippen molar-refractivity contribution in [2.75, 3.05) is 0 Å². The first-order valence-electron chi connectivity index (χ1n) is 8.29. The molecule has 1 aliphatic heterocycles. The van der Waals surface area contributed by atoms with Gasteiger partial charge in [0, 0.05) is 6.42 Å². The molecule has 27 heavy (non-hydrogen) atoms. The highest BCUT2D eigenvalue weighted by Gasteiger charge is 2.46. The minimum absolute atomic E-state index is 0.0159. The lowest BCUT2D eigenvalue weighted by Crippen LogP contribution is -2.37. The first kappa shape index (κ1) is 21.3. The standard InChI is InChI=1S/C18H19F5O4/c1-7(2)5-8(15-9(24)6-18(3,4)27-15)17(25)26-16-13(22)11(20)10(19)12(21)14(16)23/h7-8,15H,5-6H2,1-4H3/t8-,15-/m0/s1. The molecule has 0 amide bonds. The van der Waals surface area contributed by atoms with Crippen LogP contribution in [0.1, 0.15) is 40.5 Å². The average Bonchev–Trinajstić information content (AvgIpc) is 2.85. The van der Waals surface area contributed by atoms with Crippen LogP contribution in [-0.2, 0) is 14.3 Å². The van der Waals surface area contributed by atoms with Crippen molar-refractivity contribution in [2.24, 2.45) is 11.8 Å². The predicted molar refractivity (Wildman–Crippen MR) is 83.4 cm³/mol. The Balaban J connectivity index is 2.37. The topological polar surface area (TPSA) is 52.6 Å². The number of Topliss-reactive ketones (excluding diaryl/α,β-unsaturated/α-hetero) is 1. The summed E-state index contributed by atoms with van der Waals surface area (Å²) in [7, 11) is 0. The fourth-order valence-electron chi connectivity index (χ4n) is 2.98. The zero-order chi connectivity index (χ0) is 20.7. The zero-order valence-corrected chi connectivity index (χ0v) is 15.2. The molecule has 1 aromatic carbocycles. The van der Waals surface area contributed by atoms with E-state index in [1.54, 1.807) is 27.7 Å². The van der Waals surface area contributed by atoms with E-state index in [2.05, 4.69) is 4.74 Å². The van der Waals surface area contributed by atoms with Crippen LogP contribution in [-0.4, -0.2) is 23.5 Å². The van der Waals surface area contributed by atoms with Gasteiger partial charge in [-0.05, 0) is 26.2 Å². The largest absolute Gasteiger partial charge is 0.420 e. The summed E-state index contributed by atoms with van der Waals surface area (Å²) in [6, 6.07) is 0. The number of ether oxygens (including phenoxy) is 2. The highest BCUT2D eigenvalue weighted by Crippen LogP contribution is 2.35. The van der Waals surface area contributed by atoms with Crippen molar-refractivity contribution >= 4 is 11.8 Å². The second-order valence-electron chi connectivity index (χ2n) is 7.50. The molecule has 0 radical (unpaired) electrons. The van der Waals surface area contributed by atoms with Gasteiger partial charge in [-0.25, -0.2) is 13.2 Å². The van der Waals surface area contributed by atoms with Crippen LogP contribution in [0.25, 0.3) is 0 Å². The fraction of sp³-hybridized carbons (Fsp3) is 0.556. The van der Waals surface area contributed by atoms with E-state index in [0.717, 1.165) is 0 Å². The number of benzene rings is 1. The molecule has 2 rings (SSSR count). The van der Waals surface area contributed by atoms with Crippen LogP contribution in [0.5, 0.6) is 5.75 Å². The van der Waals surface area contributed by atoms with Crippen molar-refractivity contribution in [3.63, 3.8) is 0 Å². The van der Waals surface area contributed by atoms with E-state index in [0.29, 0.717) is 0 Å². The summed E-state index contributed by atoms with van der Waals surface area (Å²) < 4.78 is 77.3. The monoisotopic (exact) mass is 394 g/mol. The van der Waals surface area contributed by atoms with Gasteiger partial charge in [0.15, 0.2) is 5.78 Å². The smallest absolute Gasteiger partial charge is 0.317 e. The molecule has 2 atom stereocenters. The van der Waals surface area contributed by atoms with Crippen molar-refractivity contribution < 1.29 is 41.0 Å². The Morgan fingerprint density at radius 2 is 1.56 bits per heavy atom. The molecule has 0 aliphatic carbocycles. The number of esters is 1. The van der Waals surface area contributed by atoms with E-state index in [1.165, 1.54) is 0 Å². The Hall–Kier alpha value is -2.03. The summed E-state index contributed by atoms with van der Waals surface area (Å²) in [5, 5.41) is 0. The van der Waals surface area contributed by atoms with E-state index in [1.807, 2.05) is 0 Å². The van der Waals surface area contributed by atoms with Crippen molar-refractivity contribution in [2.45, 2.75) is 52.2 Å². The maximum Gasteiger partial charge on any atom is 0.317 e. The maximum absolute atomic E-state index is 13.8. The summed E-state index contributed by atoms with van der Waals surface area (Å²) in [6.45, 7) is 6.71. The van der Waals surface area contributed by atoms with Crippen LogP contribution >= 0.6 is 0 Å². The molecular weight excluding hydrogens is 375 g/mol. The third kappa shape index (κ3) is 4.28. The lowest BCUT2D eigenvalue weighted by atomic mass is 9.89. The molecule has 1 saturated heterocycles. The van der Waals surface area contributed by atoms with Gasteiger partial charge in [0.2, 0.25) is 34.8 Å². The third-order valence-electron chi connectivity index (χ3n) is 4.13. The molecule has 4 nitrogen and oxygen atoms in total. The molecule has 0 unspecified atom stereocenters. The Morgan fingerprint density at radius 3 is 1.96 bits per heavy atom. The Labute approximate surface area is 152 Å². The summed E-state index contributed by atoms with van der Waals surface area (Å²) in [5.41, 5.74) is -0.845. The van der Waals surface area contributed by atoms with Gasteiger partial charge in [0.1, 0.15) is 6.10 Å². The number of ketones is 1. The molecule has 0 aromatic heterocycles. The Kier molecular flexibility index (Phi) is 5.94. The minimum atomic E-state index is -2.36. The molecular formula is C18H19F5O4. The molecule has 9 heteroatoms. The number of hydrogen-bond donors (Lipinski definition) is 0. The summed E-state index contributed by atoms with van der Waals surface area (Å²) in [5.74, 6) is -16.1. The van der Waals surface area contributed by atoms with Gasteiger partial charge in [0.05, 0.1) is 11.5 Å². The fourth-order valence-corrected chi connectivity index (χ4v) is 2.98. The van der Waals surface area contributed by atoms with E-state index < -0.39 is 64.2 Å². The molecule has 1 heterocycles. The number of halogens is 5. The quantitative estimate of drug-likeness (QED) is 0.248. The van der Waals surface area contributed by atoms with Crippen LogP contribution in [0.4, 0.5) is 22.0 Å². The Bertz CT molecular complexity index is 747. The SMILES string of the molecule is CC(C)C[C@H](C(=O)Oc1c(F)c(F)c(F)c(F)c1F)[C@@H]1OC(C)(C)CC1=O. The van der Waals surface area contributed by atoms with Crippen molar-refractivity contribution in [1.82, 2.24) is 0 Å². The molecule has 1 aromatic rings. The summed E-state index contributed by atoms with van der Waals surface area (Å²) >= 11 is 0. The van der Waals surface area contributed by atoms with Gasteiger partial charge in [-0.2, -0.15) is 8.78 Å². The normalized spacial score (nSPS) is 20.2. The first-order chi connectivity index (χ1) is 12.4. The van der Waals surface area contributed by atoms with Crippen molar-refractivity contribution in [3.8, 4) is 5.75 Å². The van der Waals surface area contributed by atoms with E-state index in [4.69, 9.17) is 4.74 Å². The number of carbonyl (C=O) groups is 2. The van der Waals surface area contributed by atoms with Gasteiger partial charge in [-0.1, -0.05) is 13.8 Å². The van der Waals surface area contributed by atoms with Crippen LogP contribution in [0.3, 0.4) is 0 Å². The maximum atomic E-state index is 13.8. The number of hydrogen-bond acceptors (Lipinski definition) is 4. The summed E-state index contributed by atoms with van der Waals surface area (Å²) in [4.78, 5) is 24.7. The number of carbonyl (C=O) groups excluding carboxylic acids is 2. The molecule has 0 saturated carbocycles. The Morgan fingerprint density at radius 1 is 1.07 bits per heavy atom. The third-order valence-corrected chi connectivity index (χ3v) is 4.13. The molecule has 1 aliphatic rings. The highest BCUT2D eigenvalue weighted by molar-refractivity contribution is 5.91. The second-order valence-corrected chi connectivity index (χ2v) is 7.50. The predicted octanol–water partition coefficient (Wildman–Crippen LogP) is 4.09.